The highest BCUT2D eigenvalue weighted by Crippen LogP contribution is 2.45. The van der Waals surface area contributed by atoms with Gasteiger partial charge < -0.3 is 9.84 Å². The molecule has 1 fully saturated rings. The number of aliphatic hydroxyl groups excluding tert-OH is 1. The van der Waals surface area contributed by atoms with Gasteiger partial charge in [0.25, 0.3) is 11.7 Å². The number of amides is 1. The highest BCUT2D eigenvalue weighted by molar-refractivity contribution is 7.10. The van der Waals surface area contributed by atoms with Crippen LogP contribution in [0, 0.1) is 20.8 Å². The van der Waals surface area contributed by atoms with Gasteiger partial charge in [0.2, 0.25) is 0 Å². The summed E-state index contributed by atoms with van der Waals surface area (Å²) in [6.45, 7) is 9.88. The summed E-state index contributed by atoms with van der Waals surface area (Å²) in [5.74, 6) is -0.606. The third-order valence-electron chi connectivity index (χ3n) is 6.36. The average Bonchev–Trinajstić information content (AvgIpc) is 3.34. The Morgan fingerprint density at radius 1 is 1.03 bits per heavy atom. The standard InChI is InChI=1S/C28H29NO4S/c1-15(2)20-14-21(18(5)13-22(20)33-6)25(30)23-24(27-17(4)11-12-34-27)29(28(32)26(23)31)19-9-7-16(3)8-10-19/h7-15,24,30H,1-6H3/b25-23+. The van der Waals surface area contributed by atoms with Crippen molar-refractivity contribution in [2.24, 2.45) is 0 Å². The van der Waals surface area contributed by atoms with E-state index in [1.807, 2.05) is 82.5 Å². The molecule has 1 saturated heterocycles. The summed E-state index contributed by atoms with van der Waals surface area (Å²) < 4.78 is 5.54. The maximum absolute atomic E-state index is 13.4. The number of rotatable bonds is 5. The van der Waals surface area contributed by atoms with E-state index in [0.717, 1.165) is 32.9 Å². The Morgan fingerprint density at radius 3 is 2.26 bits per heavy atom. The molecule has 2 heterocycles. The molecule has 34 heavy (non-hydrogen) atoms. The van der Waals surface area contributed by atoms with E-state index >= 15 is 0 Å². The summed E-state index contributed by atoms with van der Waals surface area (Å²) >= 11 is 1.48. The number of hydrogen-bond donors (Lipinski definition) is 1. The number of nitrogens with zero attached hydrogens (tertiary/aromatic N) is 1. The molecule has 6 heteroatoms. The Hall–Kier alpha value is -3.38. The zero-order valence-electron chi connectivity index (χ0n) is 20.3. The number of thiophene rings is 1. The summed E-state index contributed by atoms with van der Waals surface area (Å²) in [7, 11) is 1.62. The molecule has 2 aromatic carbocycles. The number of anilines is 1. The number of benzene rings is 2. The van der Waals surface area contributed by atoms with Gasteiger partial charge >= 0.3 is 0 Å². The fourth-order valence-electron chi connectivity index (χ4n) is 4.44. The smallest absolute Gasteiger partial charge is 0.300 e. The van der Waals surface area contributed by atoms with Crippen LogP contribution in [0.15, 0.2) is 53.4 Å². The van der Waals surface area contributed by atoms with Crippen LogP contribution < -0.4 is 9.64 Å². The van der Waals surface area contributed by atoms with E-state index in [2.05, 4.69) is 0 Å². The van der Waals surface area contributed by atoms with Crippen molar-refractivity contribution >= 4 is 34.5 Å². The molecule has 1 aliphatic heterocycles. The Kier molecular flexibility index (Phi) is 6.36. The predicted octanol–water partition coefficient (Wildman–Crippen LogP) is 6.43. The molecule has 3 aromatic rings. The molecule has 0 aliphatic carbocycles. The van der Waals surface area contributed by atoms with Gasteiger partial charge in [0.15, 0.2) is 0 Å². The number of carbonyl (C=O) groups is 2. The van der Waals surface area contributed by atoms with Crippen LogP contribution in [0.3, 0.4) is 0 Å². The van der Waals surface area contributed by atoms with Crippen LogP contribution in [0.1, 0.15) is 58.5 Å². The number of carbonyl (C=O) groups excluding carboxylic acids is 2. The van der Waals surface area contributed by atoms with Crippen molar-refractivity contribution < 1.29 is 19.4 Å². The fraction of sp³-hybridized carbons (Fsp3) is 0.286. The third-order valence-corrected chi connectivity index (χ3v) is 7.43. The lowest BCUT2D eigenvalue weighted by molar-refractivity contribution is -0.132. The number of aliphatic hydroxyl groups is 1. The molecule has 5 nitrogen and oxygen atoms in total. The van der Waals surface area contributed by atoms with Gasteiger partial charge in [-0.15, -0.1) is 11.3 Å². The summed E-state index contributed by atoms with van der Waals surface area (Å²) in [5.41, 5.74) is 4.98. The zero-order valence-corrected chi connectivity index (χ0v) is 21.1. The molecule has 0 saturated carbocycles. The molecular formula is C28H29NO4S. The van der Waals surface area contributed by atoms with Gasteiger partial charge in [0.1, 0.15) is 17.6 Å². The number of methoxy groups -OCH3 is 1. The van der Waals surface area contributed by atoms with Crippen LogP contribution in [0.4, 0.5) is 5.69 Å². The zero-order chi connectivity index (χ0) is 24.7. The second kappa shape index (κ2) is 9.11. The number of ether oxygens (including phenoxy) is 1. The van der Waals surface area contributed by atoms with Crippen molar-refractivity contribution in [1.82, 2.24) is 0 Å². The minimum atomic E-state index is -0.702. The van der Waals surface area contributed by atoms with Crippen molar-refractivity contribution in [2.75, 3.05) is 12.0 Å². The Morgan fingerprint density at radius 2 is 1.71 bits per heavy atom. The van der Waals surface area contributed by atoms with E-state index in [1.165, 1.54) is 16.2 Å². The van der Waals surface area contributed by atoms with Crippen molar-refractivity contribution in [3.05, 3.63) is 86.1 Å². The number of ketones is 1. The SMILES string of the molecule is COc1cc(C)c(/C(O)=C2\C(=O)C(=O)N(c3ccc(C)cc3)C2c2sccc2C)cc1C(C)C. The summed E-state index contributed by atoms with van der Waals surface area (Å²) in [4.78, 5) is 29.1. The van der Waals surface area contributed by atoms with Crippen LogP contribution in [-0.2, 0) is 9.59 Å². The molecule has 0 bridgehead atoms. The van der Waals surface area contributed by atoms with Gasteiger partial charge in [-0.1, -0.05) is 31.5 Å². The number of aryl methyl sites for hydroxylation is 3. The van der Waals surface area contributed by atoms with Crippen molar-refractivity contribution in [2.45, 2.75) is 46.6 Å². The van der Waals surface area contributed by atoms with E-state index < -0.39 is 17.7 Å². The lowest BCUT2D eigenvalue weighted by Crippen LogP contribution is -2.29. The summed E-state index contributed by atoms with van der Waals surface area (Å²) in [6, 6.07) is 12.5. The highest BCUT2D eigenvalue weighted by atomic mass is 32.1. The molecule has 1 aliphatic rings. The van der Waals surface area contributed by atoms with Crippen molar-refractivity contribution in [3.63, 3.8) is 0 Å². The van der Waals surface area contributed by atoms with Gasteiger partial charge in [0.05, 0.1) is 12.7 Å². The molecule has 176 valence electrons. The molecular weight excluding hydrogens is 446 g/mol. The number of Topliss-reactive ketones (excluding diaryl/α,β-unsaturated/α-hetero) is 1. The first-order valence-electron chi connectivity index (χ1n) is 11.3. The second-order valence-electron chi connectivity index (χ2n) is 9.04. The van der Waals surface area contributed by atoms with E-state index in [4.69, 9.17) is 4.74 Å². The maximum Gasteiger partial charge on any atom is 0.300 e. The topological polar surface area (TPSA) is 66.8 Å². The quantitative estimate of drug-likeness (QED) is 0.262. The molecule has 0 spiro atoms. The minimum Gasteiger partial charge on any atom is -0.507 e. The second-order valence-corrected chi connectivity index (χ2v) is 9.98. The molecule has 1 aromatic heterocycles. The Labute approximate surface area is 204 Å². The van der Waals surface area contributed by atoms with Gasteiger partial charge in [-0.2, -0.15) is 0 Å². The molecule has 1 amide bonds. The lowest BCUT2D eigenvalue weighted by Gasteiger charge is -2.25. The molecule has 1 N–H and O–H groups in total. The van der Waals surface area contributed by atoms with E-state index in [1.54, 1.807) is 7.11 Å². The largest absolute Gasteiger partial charge is 0.507 e. The Bertz CT molecular complexity index is 1300. The summed E-state index contributed by atoms with van der Waals surface area (Å²) in [5, 5.41) is 13.5. The number of hydrogen-bond acceptors (Lipinski definition) is 5. The minimum absolute atomic E-state index is 0.110. The van der Waals surface area contributed by atoms with E-state index in [9.17, 15) is 14.7 Å². The molecule has 1 unspecified atom stereocenters. The first-order valence-corrected chi connectivity index (χ1v) is 12.1. The van der Waals surface area contributed by atoms with Crippen LogP contribution in [0.25, 0.3) is 5.76 Å². The van der Waals surface area contributed by atoms with Gasteiger partial charge in [0, 0.05) is 16.1 Å². The average molecular weight is 476 g/mol. The normalized spacial score (nSPS) is 17.6. The van der Waals surface area contributed by atoms with Gasteiger partial charge in [-0.05, 0) is 79.1 Å². The first-order chi connectivity index (χ1) is 16.1. The fourth-order valence-corrected chi connectivity index (χ4v) is 5.47. The van der Waals surface area contributed by atoms with Gasteiger partial charge in [-0.25, -0.2) is 0 Å². The van der Waals surface area contributed by atoms with Crippen LogP contribution >= 0.6 is 11.3 Å². The predicted molar refractivity (Wildman–Crippen MR) is 137 cm³/mol. The highest BCUT2D eigenvalue weighted by Gasteiger charge is 2.48. The van der Waals surface area contributed by atoms with Crippen molar-refractivity contribution in [1.29, 1.82) is 0 Å². The van der Waals surface area contributed by atoms with E-state index in [-0.39, 0.29) is 17.3 Å². The van der Waals surface area contributed by atoms with E-state index in [0.29, 0.717) is 11.3 Å². The first kappa shape index (κ1) is 23.8. The lowest BCUT2D eigenvalue weighted by atomic mass is 9.92. The maximum atomic E-state index is 13.4. The van der Waals surface area contributed by atoms with Crippen LogP contribution in [0.5, 0.6) is 5.75 Å². The Balaban J connectivity index is 1.98. The third kappa shape index (κ3) is 3.92. The summed E-state index contributed by atoms with van der Waals surface area (Å²) in [6.07, 6.45) is 0. The molecule has 1 atom stereocenters. The van der Waals surface area contributed by atoms with Crippen LogP contribution in [0.2, 0.25) is 0 Å². The van der Waals surface area contributed by atoms with Crippen LogP contribution in [-0.4, -0.2) is 23.9 Å². The molecule has 0 radical (unpaired) electrons. The molecule has 4 rings (SSSR count). The van der Waals surface area contributed by atoms with Crippen molar-refractivity contribution in [3.8, 4) is 5.75 Å². The monoisotopic (exact) mass is 475 g/mol. The van der Waals surface area contributed by atoms with Gasteiger partial charge in [-0.3, -0.25) is 14.5 Å².